The van der Waals surface area contributed by atoms with E-state index in [0.717, 1.165) is 31.8 Å². The van der Waals surface area contributed by atoms with Crippen molar-refractivity contribution in [3.63, 3.8) is 0 Å². The first-order chi connectivity index (χ1) is 7.76. The van der Waals surface area contributed by atoms with E-state index in [2.05, 4.69) is 18.7 Å². The molecule has 0 saturated carbocycles. The quantitative estimate of drug-likeness (QED) is 0.494. The number of ether oxygens (including phenoxy) is 1. The number of esters is 1. The van der Waals surface area contributed by atoms with Crippen LogP contribution in [0.2, 0.25) is 0 Å². The first kappa shape index (κ1) is 13.5. The summed E-state index contributed by atoms with van der Waals surface area (Å²) >= 11 is 0. The van der Waals surface area contributed by atoms with Crippen molar-refractivity contribution >= 4 is 5.97 Å². The molecule has 0 N–H and O–H groups in total. The average molecular weight is 227 g/mol. The average Bonchev–Trinajstić information content (AvgIpc) is 2.66. The van der Waals surface area contributed by atoms with Crippen LogP contribution in [0.5, 0.6) is 0 Å². The minimum absolute atomic E-state index is 0.0504. The van der Waals surface area contributed by atoms with Gasteiger partial charge >= 0.3 is 5.97 Å². The largest absolute Gasteiger partial charge is 0.465 e. The van der Waals surface area contributed by atoms with Gasteiger partial charge in [0.05, 0.1) is 13.2 Å². The molecule has 1 unspecified atom stereocenters. The molecule has 1 rings (SSSR count). The molecule has 1 aliphatic rings. The number of likely N-dealkylation sites (tertiary alicyclic amines) is 1. The van der Waals surface area contributed by atoms with Gasteiger partial charge in [-0.05, 0) is 31.7 Å². The fourth-order valence-electron chi connectivity index (χ4n) is 2.26. The molecule has 0 aromatic carbocycles. The lowest BCUT2D eigenvalue weighted by Crippen LogP contribution is -2.29. The Morgan fingerprint density at radius 2 is 2.19 bits per heavy atom. The van der Waals surface area contributed by atoms with Crippen LogP contribution in [0.1, 0.15) is 46.0 Å². The third-order valence-electron chi connectivity index (χ3n) is 3.18. The first-order valence-electron chi connectivity index (χ1n) is 6.64. The number of carbonyl (C=O) groups excluding carboxylic acids is 1. The molecule has 3 nitrogen and oxygen atoms in total. The Bertz CT molecular complexity index is 206. The van der Waals surface area contributed by atoms with Gasteiger partial charge in [-0.25, -0.2) is 0 Å². The number of carbonyl (C=O) groups is 1. The summed E-state index contributed by atoms with van der Waals surface area (Å²) in [6.45, 7) is 7.54. The van der Waals surface area contributed by atoms with E-state index >= 15 is 0 Å². The van der Waals surface area contributed by atoms with Crippen molar-refractivity contribution in [1.29, 1.82) is 0 Å². The summed E-state index contributed by atoms with van der Waals surface area (Å²) in [7, 11) is 0. The van der Waals surface area contributed by atoms with E-state index < -0.39 is 0 Å². The summed E-state index contributed by atoms with van der Waals surface area (Å²) in [6, 6.07) is 0. The Balaban J connectivity index is 2.11. The van der Waals surface area contributed by atoms with E-state index in [0.29, 0.717) is 13.2 Å². The first-order valence-corrected chi connectivity index (χ1v) is 6.64. The van der Waals surface area contributed by atoms with Gasteiger partial charge in [-0.3, -0.25) is 9.69 Å². The molecule has 16 heavy (non-hydrogen) atoms. The molecule has 1 aliphatic heterocycles. The van der Waals surface area contributed by atoms with Crippen molar-refractivity contribution in [3.05, 3.63) is 0 Å². The zero-order chi connectivity index (χ0) is 11.8. The second-order valence-corrected chi connectivity index (χ2v) is 4.75. The highest BCUT2D eigenvalue weighted by Gasteiger charge is 2.23. The zero-order valence-corrected chi connectivity index (χ0v) is 10.7. The molecule has 1 fully saturated rings. The smallest absolute Gasteiger partial charge is 0.320 e. The molecule has 0 spiro atoms. The van der Waals surface area contributed by atoms with Crippen molar-refractivity contribution in [2.24, 2.45) is 5.92 Å². The lowest BCUT2D eigenvalue weighted by Gasteiger charge is -2.14. The highest BCUT2D eigenvalue weighted by atomic mass is 16.5. The van der Waals surface area contributed by atoms with Gasteiger partial charge in [0.15, 0.2) is 0 Å². The number of unbranched alkanes of at least 4 members (excludes halogenated alkanes) is 1. The van der Waals surface area contributed by atoms with Gasteiger partial charge in [-0.2, -0.15) is 0 Å². The van der Waals surface area contributed by atoms with Crippen LogP contribution in [0.25, 0.3) is 0 Å². The SMILES string of the molecule is CCCCOC(=O)CN1CCC(CCC)C1. The van der Waals surface area contributed by atoms with Gasteiger partial charge in [0, 0.05) is 6.54 Å². The normalized spacial score (nSPS) is 21.2. The summed E-state index contributed by atoms with van der Waals surface area (Å²) < 4.78 is 5.16. The third-order valence-corrected chi connectivity index (χ3v) is 3.18. The lowest BCUT2D eigenvalue weighted by atomic mass is 10.0. The van der Waals surface area contributed by atoms with Crippen molar-refractivity contribution < 1.29 is 9.53 Å². The molecular formula is C13H25NO2. The minimum Gasteiger partial charge on any atom is -0.465 e. The molecule has 0 aliphatic carbocycles. The molecule has 0 aromatic heterocycles. The van der Waals surface area contributed by atoms with Crippen molar-refractivity contribution in [2.75, 3.05) is 26.2 Å². The molecule has 0 bridgehead atoms. The van der Waals surface area contributed by atoms with Crippen molar-refractivity contribution in [3.8, 4) is 0 Å². The predicted octanol–water partition coefficient (Wildman–Crippen LogP) is 2.45. The topological polar surface area (TPSA) is 29.5 Å². The van der Waals surface area contributed by atoms with Crippen LogP contribution in [0.4, 0.5) is 0 Å². The van der Waals surface area contributed by atoms with E-state index in [1.165, 1.54) is 19.3 Å². The summed E-state index contributed by atoms with van der Waals surface area (Å²) in [5, 5.41) is 0. The molecule has 0 radical (unpaired) electrons. The van der Waals surface area contributed by atoms with E-state index in [-0.39, 0.29) is 5.97 Å². The van der Waals surface area contributed by atoms with E-state index in [9.17, 15) is 4.79 Å². The number of hydrogen-bond acceptors (Lipinski definition) is 3. The molecule has 0 aromatic rings. The maximum absolute atomic E-state index is 11.5. The Kier molecular flexibility index (Phi) is 6.46. The maximum Gasteiger partial charge on any atom is 0.320 e. The molecule has 94 valence electrons. The summed E-state index contributed by atoms with van der Waals surface area (Å²) in [6.07, 6.45) is 5.84. The summed E-state index contributed by atoms with van der Waals surface area (Å²) in [4.78, 5) is 13.7. The maximum atomic E-state index is 11.5. The summed E-state index contributed by atoms with van der Waals surface area (Å²) in [5.41, 5.74) is 0. The van der Waals surface area contributed by atoms with Gasteiger partial charge < -0.3 is 4.74 Å². The molecular weight excluding hydrogens is 202 g/mol. The number of hydrogen-bond donors (Lipinski definition) is 0. The van der Waals surface area contributed by atoms with E-state index in [4.69, 9.17) is 4.74 Å². The number of rotatable bonds is 7. The molecule has 1 heterocycles. The van der Waals surface area contributed by atoms with Crippen molar-refractivity contribution in [2.45, 2.75) is 46.0 Å². The van der Waals surface area contributed by atoms with Crippen LogP contribution >= 0.6 is 0 Å². The van der Waals surface area contributed by atoms with Crippen LogP contribution < -0.4 is 0 Å². The van der Waals surface area contributed by atoms with Crippen molar-refractivity contribution in [1.82, 2.24) is 4.90 Å². The van der Waals surface area contributed by atoms with Gasteiger partial charge in [-0.15, -0.1) is 0 Å². The molecule has 1 atom stereocenters. The lowest BCUT2D eigenvalue weighted by molar-refractivity contribution is -0.144. The molecule has 3 heteroatoms. The predicted molar refractivity (Wildman–Crippen MR) is 65.3 cm³/mol. The second-order valence-electron chi connectivity index (χ2n) is 4.75. The standard InChI is InChI=1S/C13H25NO2/c1-3-5-9-16-13(15)11-14-8-7-12(10-14)6-4-2/h12H,3-11H2,1-2H3. The Hall–Kier alpha value is -0.570. The third kappa shape index (κ3) is 4.97. The Labute approximate surface area is 99.1 Å². The summed E-state index contributed by atoms with van der Waals surface area (Å²) in [5.74, 6) is 0.749. The van der Waals surface area contributed by atoms with Crippen LogP contribution in [-0.2, 0) is 9.53 Å². The minimum atomic E-state index is -0.0504. The second kappa shape index (κ2) is 7.66. The van der Waals surface area contributed by atoms with Crippen LogP contribution in [0.15, 0.2) is 0 Å². The number of nitrogens with zero attached hydrogens (tertiary/aromatic N) is 1. The fourth-order valence-corrected chi connectivity index (χ4v) is 2.26. The van der Waals surface area contributed by atoms with Gasteiger partial charge in [0.1, 0.15) is 0 Å². The highest BCUT2D eigenvalue weighted by Crippen LogP contribution is 2.20. The van der Waals surface area contributed by atoms with Gasteiger partial charge in [0.25, 0.3) is 0 Å². The van der Waals surface area contributed by atoms with Crippen LogP contribution in [0, 0.1) is 5.92 Å². The van der Waals surface area contributed by atoms with E-state index in [1.807, 2.05) is 0 Å². The molecule has 1 saturated heterocycles. The van der Waals surface area contributed by atoms with Gasteiger partial charge in [-0.1, -0.05) is 26.7 Å². The fraction of sp³-hybridized carbons (Fsp3) is 0.923. The highest BCUT2D eigenvalue weighted by molar-refractivity contribution is 5.71. The molecule has 0 amide bonds. The monoisotopic (exact) mass is 227 g/mol. The van der Waals surface area contributed by atoms with Crippen LogP contribution in [0.3, 0.4) is 0 Å². The zero-order valence-electron chi connectivity index (χ0n) is 10.7. The van der Waals surface area contributed by atoms with Gasteiger partial charge in [0.2, 0.25) is 0 Å². The Morgan fingerprint density at radius 3 is 2.88 bits per heavy atom. The van der Waals surface area contributed by atoms with Crippen LogP contribution in [-0.4, -0.2) is 37.1 Å². The van der Waals surface area contributed by atoms with E-state index in [1.54, 1.807) is 0 Å². The Morgan fingerprint density at radius 1 is 1.38 bits per heavy atom.